The molecule has 0 amide bonds. The summed E-state index contributed by atoms with van der Waals surface area (Å²) in [4.78, 5) is 2.44. The van der Waals surface area contributed by atoms with Gasteiger partial charge in [-0.2, -0.15) is 0 Å². The van der Waals surface area contributed by atoms with Crippen molar-refractivity contribution in [2.45, 2.75) is 56.2 Å². The Bertz CT molecular complexity index is 431. The Morgan fingerprint density at radius 2 is 1.79 bits per heavy atom. The molecule has 2 aliphatic rings. The average Bonchev–Trinajstić information content (AvgIpc) is 2.62. The Balaban J connectivity index is 1.62. The molecular weight excluding hydrogens is 241 g/mol. The average molecular weight is 263 g/mol. The van der Waals surface area contributed by atoms with Crippen LogP contribution in [0.5, 0.6) is 0 Å². The van der Waals surface area contributed by atoms with Crippen molar-refractivity contribution in [3.05, 3.63) is 35.6 Å². The standard InChI is InChI=1S/C16H22FNO/c1-18-14-6-7-15(18)11-16(19,10-14)9-8-12-2-4-13(17)5-3-12/h2-5,14-15,19H,6-11H2,1H3. The number of fused-ring (bicyclic) bond motifs is 2. The van der Waals surface area contributed by atoms with Gasteiger partial charge in [-0.1, -0.05) is 12.1 Å². The van der Waals surface area contributed by atoms with E-state index in [2.05, 4.69) is 11.9 Å². The van der Waals surface area contributed by atoms with E-state index in [0.717, 1.165) is 31.2 Å². The molecule has 2 atom stereocenters. The minimum Gasteiger partial charge on any atom is -0.390 e. The maximum atomic E-state index is 12.9. The first kappa shape index (κ1) is 13.1. The van der Waals surface area contributed by atoms with Gasteiger partial charge in [-0.15, -0.1) is 0 Å². The van der Waals surface area contributed by atoms with Crippen molar-refractivity contribution in [1.29, 1.82) is 0 Å². The number of aliphatic hydroxyl groups is 1. The largest absolute Gasteiger partial charge is 0.390 e. The Morgan fingerprint density at radius 1 is 1.21 bits per heavy atom. The van der Waals surface area contributed by atoms with Gasteiger partial charge >= 0.3 is 0 Å². The van der Waals surface area contributed by atoms with Crippen LogP contribution in [0.2, 0.25) is 0 Å². The lowest BCUT2D eigenvalue weighted by Gasteiger charge is -2.42. The van der Waals surface area contributed by atoms with Gasteiger partial charge in [-0.3, -0.25) is 0 Å². The number of piperidine rings is 1. The molecule has 2 nitrogen and oxygen atoms in total. The lowest BCUT2D eigenvalue weighted by molar-refractivity contribution is -0.0497. The second-order valence-electron chi connectivity index (χ2n) is 6.31. The predicted molar refractivity (Wildman–Crippen MR) is 73.5 cm³/mol. The van der Waals surface area contributed by atoms with Gasteiger partial charge in [0.25, 0.3) is 0 Å². The van der Waals surface area contributed by atoms with Crippen LogP contribution in [0.4, 0.5) is 4.39 Å². The zero-order chi connectivity index (χ0) is 13.5. The summed E-state index contributed by atoms with van der Waals surface area (Å²) in [5.74, 6) is -0.195. The second-order valence-corrected chi connectivity index (χ2v) is 6.31. The molecule has 0 aromatic heterocycles. The van der Waals surface area contributed by atoms with Crippen molar-refractivity contribution < 1.29 is 9.50 Å². The van der Waals surface area contributed by atoms with Crippen LogP contribution < -0.4 is 0 Å². The van der Waals surface area contributed by atoms with E-state index < -0.39 is 5.60 Å². The SMILES string of the molecule is CN1C2CCC1CC(O)(CCc1ccc(F)cc1)C2. The molecule has 2 bridgehead atoms. The zero-order valence-electron chi connectivity index (χ0n) is 11.5. The fourth-order valence-electron chi connectivity index (χ4n) is 3.78. The maximum Gasteiger partial charge on any atom is 0.123 e. The monoisotopic (exact) mass is 263 g/mol. The Morgan fingerprint density at radius 3 is 2.37 bits per heavy atom. The molecule has 2 saturated heterocycles. The molecule has 0 spiro atoms. The van der Waals surface area contributed by atoms with Crippen molar-refractivity contribution in [2.75, 3.05) is 7.05 Å². The van der Waals surface area contributed by atoms with Crippen molar-refractivity contribution in [2.24, 2.45) is 0 Å². The molecule has 1 N–H and O–H groups in total. The Kier molecular flexibility index (Phi) is 3.35. The van der Waals surface area contributed by atoms with Gasteiger partial charge in [-0.05, 0) is 63.3 Å². The summed E-state index contributed by atoms with van der Waals surface area (Å²) in [6.07, 6.45) is 5.85. The Hall–Kier alpha value is -0.930. The molecule has 0 aliphatic carbocycles. The van der Waals surface area contributed by atoms with Crippen LogP contribution in [-0.2, 0) is 6.42 Å². The number of hydrogen-bond acceptors (Lipinski definition) is 2. The van der Waals surface area contributed by atoms with Gasteiger partial charge in [0, 0.05) is 12.1 Å². The van der Waals surface area contributed by atoms with Gasteiger partial charge in [-0.25, -0.2) is 4.39 Å². The van der Waals surface area contributed by atoms with E-state index >= 15 is 0 Å². The molecule has 1 aromatic rings. The van der Waals surface area contributed by atoms with Gasteiger partial charge < -0.3 is 10.0 Å². The second kappa shape index (κ2) is 4.88. The van der Waals surface area contributed by atoms with Gasteiger partial charge in [0.15, 0.2) is 0 Å². The molecule has 104 valence electrons. The molecular formula is C16H22FNO. The first-order valence-corrected chi connectivity index (χ1v) is 7.24. The highest BCUT2D eigenvalue weighted by molar-refractivity contribution is 5.17. The van der Waals surface area contributed by atoms with Crippen LogP contribution in [0.3, 0.4) is 0 Å². The molecule has 2 fully saturated rings. The molecule has 19 heavy (non-hydrogen) atoms. The summed E-state index contributed by atoms with van der Waals surface area (Å²) >= 11 is 0. The van der Waals surface area contributed by atoms with Crippen LogP contribution >= 0.6 is 0 Å². The van der Waals surface area contributed by atoms with Crippen molar-refractivity contribution in [1.82, 2.24) is 4.90 Å². The quantitative estimate of drug-likeness (QED) is 0.906. The normalized spacial score (nSPS) is 34.7. The first-order valence-electron chi connectivity index (χ1n) is 7.24. The minimum atomic E-state index is -0.521. The van der Waals surface area contributed by atoms with Crippen LogP contribution in [0, 0.1) is 5.82 Å². The number of nitrogens with zero attached hydrogens (tertiary/aromatic N) is 1. The van der Waals surface area contributed by atoms with E-state index in [4.69, 9.17) is 0 Å². The lowest BCUT2D eigenvalue weighted by atomic mass is 9.82. The highest BCUT2D eigenvalue weighted by Gasteiger charge is 2.45. The number of hydrogen-bond donors (Lipinski definition) is 1. The van der Waals surface area contributed by atoms with E-state index in [1.165, 1.54) is 25.0 Å². The summed E-state index contributed by atoms with van der Waals surface area (Å²) in [6, 6.07) is 7.74. The zero-order valence-corrected chi connectivity index (χ0v) is 11.5. The van der Waals surface area contributed by atoms with Crippen molar-refractivity contribution in [3.8, 4) is 0 Å². The van der Waals surface area contributed by atoms with E-state index in [9.17, 15) is 9.50 Å². The molecule has 0 saturated carbocycles. The van der Waals surface area contributed by atoms with E-state index in [1.807, 2.05) is 12.1 Å². The van der Waals surface area contributed by atoms with Crippen molar-refractivity contribution >= 4 is 0 Å². The molecule has 2 aliphatic heterocycles. The summed E-state index contributed by atoms with van der Waals surface area (Å²) in [5.41, 5.74) is 0.591. The van der Waals surface area contributed by atoms with Gasteiger partial charge in [0.1, 0.15) is 5.82 Å². The smallest absolute Gasteiger partial charge is 0.123 e. The third-order valence-corrected chi connectivity index (χ3v) is 5.01. The lowest BCUT2D eigenvalue weighted by Crippen LogP contribution is -2.49. The van der Waals surface area contributed by atoms with Crippen LogP contribution in [-0.4, -0.2) is 34.7 Å². The minimum absolute atomic E-state index is 0.195. The molecule has 2 unspecified atom stereocenters. The van der Waals surface area contributed by atoms with Gasteiger partial charge in [0.05, 0.1) is 5.60 Å². The summed E-state index contributed by atoms with van der Waals surface area (Å²) in [5, 5.41) is 10.8. The summed E-state index contributed by atoms with van der Waals surface area (Å²) in [7, 11) is 2.18. The van der Waals surface area contributed by atoms with Gasteiger partial charge in [0.2, 0.25) is 0 Å². The third kappa shape index (κ3) is 2.67. The third-order valence-electron chi connectivity index (χ3n) is 5.01. The van der Waals surface area contributed by atoms with Crippen LogP contribution in [0.15, 0.2) is 24.3 Å². The summed E-state index contributed by atoms with van der Waals surface area (Å²) < 4.78 is 12.9. The molecule has 2 heterocycles. The maximum absolute atomic E-state index is 12.9. The number of rotatable bonds is 3. The predicted octanol–water partition coefficient (Wildman–Crippen LogP) is 2.75. The number of halogens is 1. The van der Waals surface area contributed by atoms with E-state index in [-0.39, 0.29) is 5.82 Å². The number of benzene rings is 1. The first-order chi connectivity index (χ1) is 9.06. The molecule has 1 aromatic carbocycles. The van der Waals surface area contributed by atoms with Crippen molar-refractivity contribution in [3.63, 3.8) is 0 Å². The topological polar surface area (TPSA) is 23.5 Å². The number of aryl methyl sites for hydroxylation is 1. The Labute approximate surface area is 114 Å². The van der Waals surface area contributed by atoms with Crippen LogP contribution in [0.25, 0.3) is 0 Å². The molecule has 3 rings (SSSR count). The fraction of sp³-hybridized carbons (Fsp3) is 0.625. The molecule has 0 radical (unpaired) electrons. The highest BCUT2D eigenvalue weighted by Crippen LogP contribution is 2.41. The fourth-order valence-corrected chi connectivity index (χ4v) is 3.78. The highest BCUT2D eigenvalue weighted by atomic mass is 19.1. The molecule has 3 heteroatoms. The van der Waals surface area contributed by atoms with Crippen LogP contribution in [0.1, 0.15) is 37.7 Å². The van der Waals surface area contributed by atoms with E-state index in [1.54, 1.807) is 0 Å². The summed E-state index contributed by atoms with van der Waals surface area (Å²) in [6.45, 7) is 0. The van der Waals surface area contributed by atoms with E-state index in [0.29, 0.717) is 12.1 Å².